The van der Waals surface area contributed by atoms with Crippen molar-refractivity contribution in [3.63, 3.8) is 0 Å². The summed E-state index contributed by atoms with van der Waals surface area (Å²) in [5, 5.41) is 3.87. The van der Waals surface area contributed by atoms with Crippen LogP contribution in [0, 0.1) is 5.92 Å². The minimum Gasteiger partial charge on any atom is -0.324 e. The van der Waals surface area contributed by atoms with Gasteiger partial charge in [0.15, 0.2) is 0 Å². The second kappa shape index (κ2) is 7.65. The van der Waals surface area contributed by atoms with Gasteiger partial charge in [0.25, 0.3) is 0 Å². The molecule has 1 N–H and O–H groups in total. The number of aromatic nitrogens is 2. The van der Waals surface area contributed by atoms with Gasteiger partial charge < -0.3 is 5.32 Å². The lowest BCUT2D eigenvalue weighted by Crippen LogP contribution is -2.41. The van der Waals surface area contributed by atoms with E-state index >= 15 is 0 Å². The number of carbonyl (C=O) groups excluding carboxylic acids is 1. The van der Waals surface area contributed by atoms with Crippen LogP contribution in [0.2, 0.25) is 0 Å². The zero-order valence-electron chi connectivity index (χ0n) is 15.2. The maximum atomic E-state index is 12.7. The standard InChI is InChI=1S/C20H20N4O3S/c25-20(23-17-12-16-4-1-2-6-19(16)22-13-17)15-7-10-24(11-8-15)28(26,27)18-5-3-9-21-14-18/h1-6,9,12-15H,7-8,10-11H2,(H,23,25). The molecule has 0 radical (unpaired) electrons. The molecular formula is C20H20N4O3S. The van der Waals surface area contributed by atoms with Crippen molar-refractivity contribution in [1.29, 1.82) is 0 Å². The molecule has 1 aliphatic rings. The Morgan fingerprint density at radius 2 is 1.86 bits per heavy atom. The minimum absolute atomic E-state index is 0.101. The summed E-state index contributed by atoms with van der Waals surface area (Å²) < 4.78 is 26.7. The van der Waals surface area contributed by atoms with Crippen molar-refractivity contribution in [2.75, 3.05) is 18.4 Å². The van der Waals surface area contributed by atoms with E-state index in [9.17, 15) is 13.2 Å². The summed E-state index contributed by atoms with van der Waals surface area (Å²) in [6, 6.07) is 12.7. The number of hydrogen-bond acceptors (Lipinski definition) is 5. The molecule has 1 aromatic carbocycles. The zero-order valence-corrected chi connectivity index (χ0v) is 16.0. The van der Waals surface area contributed by atoms with Gasteiger partial charge in [-0.2, -0.15) is 4.31 Å². The van der Waals surface area contributed by atoms with Crippen LogP contribution in [0.3, 0.4) is 0 Å². The van der Waals surface area contributed by atoms with Crippen molar-refractivity contribution >= 4 is 32.5 Å². The van der Waals surface area contributed by atoms with Gasteiger partial charge in [0, 0.05) is 36.8 Å². The van der Waals surface area contributed by atoms with E-state index in [1.807, 2.05) is 30.3 Å². The molecule has 0 saturated carbocycles. The molecule has 8 heteroatoms. The van der Waals surface area contributed by atoms with Gasteiger partial charge >= 0.3 is 0 Å². The Bertz CT molecular complexity index is 1090. The van der Waals surface area contributed by atoms with E-state index in [0.29, 0.717) is 31.6 Å². The highest BCUT2D eigenvalue weighted by atomic mass is 32.2. The van der Waals surface area contributed by atoms with Crippen LogP contribution < -0.4 is 5.32 Å². The van der Waals surface area contributed by atoms with Crippen molar-refractivity contribution in [3.05, 3.63) is 61.1 Å². The zero-order chi connectivity index (χ0) is 19.6. The van der Waals surface area contributed by atoms with Crippen LogP contribution in [0.4, 0.5) is 5.69 Å². The first-order valence-electron chi connectivity index (χ1n) is 9.10. The second-order valence-corrected chi connectivity index (χ2v) is 8.71. The highest BCUT2D eigenvalue weighted by Gasteiger charge is 2.32. The number of sulfonamides is 1. The van der Waals surface area contributed by atoms with Gasteiger partial charge in [-0.3, -0.25) is 14.8 Å². The van der Waals surface area contributed by atoms with E-state index in [1.54, 1.807) is 12.3 Å². The third-order valence-corrected chi connectivity index (χ3v) is 6.84. The third kappa shape index (κ3) is 3.74. The number of amides is 1. The lowest BCUT2D eigenvalue weighted by Gasteiger charge is -2.30. The summed E-state index contributed by atoms with van der Waals surface area (Å²) in [5.41, 5.74) is 1.52. The molecule has 0 unspecified atom stereocenters. The van der Waals surface area contributed by atoms with Crippen LogP contribution in [0.25, 0.3) is 10.9 Å². The van der Waals surface area contributed by atoms with Gasteiger partial charge in [-0.15, -0.1) is 0 Å². The predicted octanol–water partition coefficient (Wildman–Crippen LogP) is 2.67. The van der Waals surface area contributed by atoms with Gasteiger partial charge in [-0.1, -0.05) is 18.2 Å². The molecule has 1 amide bonds. The first-order chi connectivity index (χ1) is 13.5. The number of nitrogens with zero attached hydrogens (tertiary/aromatic N) is 3. The largest absolute Gasteiger partial charge is 0.324 e. The molecule has 2 aromatic heterocycles. The molecule has 1 saturated heterocycles. The van der Waals surface area contributed by atoms with E-state index in [0.717, 1.165) is 10.9 Å². The Hall–Kier alpha value is -2.84. The van der Waals surface area contributed by atoms with Crippen molar-refractivity contribution in [2.24, 2.45) is 5.92 Å². The smallest absolute Gasteiger partial charge is 0.244 e. The fraction of sp³-hybridized carbons (Fsp3) is 0.250. The quantitative estimate of drug-likeness (QED) is 0.732. The Morgan fingerprint density at radius 1 is 1.07 bits per heavy atom. The van der Waals surface area contributed by atoms with Crippen LogP contribution in [0.15, 0.2) is 66.0 Å². The summed E-state index contributed by atoms with van der Waals surface area (Å²) in [7, 11) is -3.57. The molecular weight excluding hydrogens is 376 g/mol. The summed E-state index contributed by atoms with van der Waals surface area (Å²) in [6.45, 7) is 0.622. The number of piperidine rings is 1. The maximum Gasteiger partial charge on any atom is 0.244 e. The Balaban J connectivity index is 1.39. The Morgan fingerprint density at radius 3 is 2.61 bits per heavy atom. The molecule has 0 spiro atoms. The first-order valence-corrected chi connectivity index (χ1v) is 10.5. The Labute approximate surface area is 163 Å². The molecule has 7 nitrogen and oxygen atoms in total. The van der Waals surface area contributed by atoms with E-state index in [-0.39, 0.29) is 16.7 Å². The normalized spacial score (nSPS) is 16.1. The SMILES string of the molecule is O=C(Nc1cnc2ccccc2c1)C1CCN(S(=O)(=O)c2cccnc2)CC1. The van der Waals surface area contributed by atoms with Crippen LogP contribution in [-0.2, 0) is 14.8 Å². The molecule has 144 valence electrons. The molecule has 28 heavy (non-hydrogen) atoms. The average molecular weight is 396 g/mol. The number of benzene rings is 1. The van der Waals surface area contributed by atoms with E-state index in [1.165, 1.54) is 22.8 Å². The van der Waals surface area contributed by atoms with Crippen molar-refractivity contribution in [1.82, 2.24) is 14.3 Å². The number of carbonyl (C=O) groups is 1. The van der Waals surface area contributed by atoms with Gasteiger partial charge in [0.05, 0.1) is 17.4 Å². The fourth-order valence-electron chi connectivity index (χ4n) is 3.39. The van der Waals surface area contributed by atoms with E-state index in [2.05, 4.69) is 15.3 Å². The summed E-state index contributed by atoms with van der Waals surface area (Å²) in [6.07, 6.45) is 5.49. The van der Waals surface area contributed by atoms with Crippen LogP contribution in [0.5, 0.6) is 0 Å². The van der Waals surface area contributed by atoms with Crippen molar-refractivity contribution < 1.29 is 13.2 Å². The molecule has 3 aromatic rings. The molecule has 0 atom stereocenters. The fourth-order valence-corrected chi connectivity index (χ4v) is 4.83. The third-order valence-electron chi connectivity index (χ3n) is 4.95. The van der Waals surface area contributed by atoms with Crippen LogP contribution in [0.1, 0.15) is 12.8 Å². The molecule has 4 rings (SSSR count). The molecule has 3 heterocycles. The topological polar surface area (TPSA) is 92.3 Å². The molecule has 1 aliphatic heterocycles. The lowest BCUT2D eigenvalue weighted by atomic mass is 9.97. The number of rotatable bonds is 4. The second-order valence-electron chi connectivity index (χ2n) is 6.77. The monoisotopic (exact) mass is 396 g/mol. The molecule has 0 bridgehead atoms. The van der Waals surface area contributed by atoms with Crippen LogP contribution >= 0.6 is 0 Å². The van der Waals surface area contributed by atoms with Gasteiger partial charge in [-0.25, -0.2) is 8.42 Å². The number of pyridine rings is 2. The number of nitrogens with one attached hydrogen (secondary N) is 1. The predicted molar refractivity (Wildman–Crippen MR) is 106 cm³/mol. The maximum absolute atomic E-state index is 12.7. The number of para-hydroxylation sites is 1. The van der Waals surface area contributed by atoms with Crippen LogP contribution in [-0.4, -0.2) is 41.7 Å². The summed E-state index contributed by atoms with van der Waals surface area (Å²) >= 11 is 0. The molecule has 1 fully saturated rings. The van der Waals surface area contributed by atoms with E-state index in [4.69, 9.17) is 0 Å². The molecule has 0 aliphatic carbocycles. The number of anilines is 1. The van der Waals surface area contributed by atoms with Gasteiger partial charge in [0.2, 0.25) is 15.9 Å². The summed E-state index contributed by atoms with van der Waals surface area (Å²) in [4.78, 5) is 21.0. The Kier molecular flexibility index (Phi) is 5.06. The van der Waals surface area contributed by atoms with Crippen molar-refractivity contribution in [2.45, 2.75) is 17.7 Å². The van der Waals surface area contributed by atoms with E-state index < -0.39 is 10.0 Å². The van der Waals surface area contributed by atoms with Crippen molar-refractivity contribution in [3.8, 4) is 0 Å². The highest BCUT2D eigenvalue weighted by Crippen LogP contribution is 2.25. The lowest BCUT2D eigenvalue weighted by molar-refractivity contribution is -0.120. The number of fused-ring (bicyclic) bond motifs is 1. The average Bonchev–Trinajstić information content (AvgIpc) is 2.74. The van der Waals surface area contributed by atoms with Gasteiger partial charge in [-0.05, 0) is 37.1 Å². The summed E-state index contributed by atoms with van der Waals surface area (Å²) in [5.74, 6) is -0.331. The minimum atomic E-state index is -3.57. The van der Waals surface area contributed by atoms with Gasteiger partial charge in [0.1, 0.15) is 4.90 Å². The highest BCUT2D eigenvalue weighted by molar-refractivity contribution is 7.89. The first kappa shape index (κ1) is 18.5. The number of hydrogen-bond donors (Lipinski definition) is 1.